The SMILES string of the molecule is CCO[Si](OCC)(OCCN)c1ccccc1. The van der Waals surface area contributed by atoms with Gasteiger partial charge in [-0.2, -0.15) is 0 Å². The lowest BCUT2D eigenvalue weighted by atomic mass is 10.4. The van der Waals surface area contributed by atoms with Crippen LogP contribution in [0.1, 0.15) is 13.8 Å². The summed E-state index contributed by atoms with van der Waals surface area (Å²) in [7, 11) is -2.77. The second kappa shape index (κ2) is 7.57. The molecule has 0 bridgehead atoms. The molecule has 0 saturated heterocycles. The fourth-order valence-electron chi connectivity index (χ4n) is 1.59. The fraction of sp³-hybridized carbons (Fsp3) is 0.500. The van der Waals surface area contributed by atoms with E-state index in [0.29, 0.717) is 26.4 Å². The van der Waals surface area contributed by atoms with Crippen molar-refractivity contribution in [3.05, 3.63) is 30.3 Å². The normalized spacial score (nSPS) is 11.7. The van der Waals surface area contributed by atoms with Crippen molar-refractivity contribution < 1.29 is 13.3 Å². The van der Waals surface area contributed by atoms with Crippen molar-refractivity contribution in [2.24, 2.45) is 5.73 Å². The third-order valence-electron chi connectivity index (χ3n) is 2.21. The Morgan fingerprint density at radius 2 is 1.59 bits per heavy atom. The zero-order chi connectivity index (χ0) is 12.6. The van der Waals surface area contributed by atoms with E-state index in [9.17, 15) is 0 Å². The van der Waals surface area contributed by atoms with Crippen molar-refractivity contribution >= 4 is 14.0 Å². The standard InChI is InChI=1S/C12H21NO3Si/c1-3-14-17(15-4-2,16-11-10-13)12-8-6-5-7-9-12/h5-9H,3-4,10-11,13H2,1-2H3. The summed E-state index contributed by atoms with van der Waals surface area (Å²) in [6, 6.07) is 9.84. The molecule has 1 aromatic rings. The van der Waals surface area contributed by atoms with Crippen molar-refractivity contribution in [2.75, 3.05) is 26.4 Å². The van der Waals surface area contributed by atoms with E-state index in [1.54, 1.807) is 0 Å². The van der Waals surface area contributed by atoms with E-state index in [-0.39, 0.29) is 0 Å². The van der Waals surface area contributed by atoms with Crippen LogP contribution in [0.15, 0.2) is 30.3 Å². The number of hydrogen-bond donors (Lipinski definition) is 1. The minimum absolute atomic E-state index is 0.446. The first-order chi connectivity index (χ1) is 8.29. The molecule has 5 heteroatoms. The molecule has 96 valence electrons. The van der Waals surface area contributed by atoms with E-state index in [0.717, 1.165) is 5.19 Å². The molecule has 0 aliphatic rings. The lowest BCUT2D eigenvalue weighted by Gasteiger charge is -2.28. The molecule has 1 rings (SSSR count). The molecule has 4 nitrogen and oxygen atoms in total. The summed E-state index contributed by atoms with van der Waals surface area (Å²) in [5.74, 6) is 0. The van der Waals surface area contributed by atoms with Gasteiger partial charge in [0.2, 0.25) is 0 Å². The van der Waals surface area contributed by atoms with Gasteiger partial charge in [0, 0.05) is 24.9 Å². The summed E-state index contributed by atoms with van der Waals surface area (Å²) in [5, 5.41) is 0.983. The molecule has 0 aliphatic carbocycles. The molecule has 0 heterocycles. The lowest BCUT2D eigenvalue weighted by Crippen LogP contribution is -2.57. The maximum atomic E-state index is 5.82. The molecule has 0 unspecified atom stereocenters. The lowest BCUT2D eigenvalue weighted by molar-refractivity contribution is 0.0839. The van der Waals surface area contributed by atoms with Gasteiger partial charge in [-0.1, -0.05) is 30.3 Å². The first kappa shape index (κ1) is 14.3. The van der Waals surface area contributed by atoms with Gasteiger partial charge in [-0.15, -0.1) is 0 Å². The van der Waals surface area contributed by atoms with Crippen LogP contribution in [-0.2, 0) is 13.3 Å². The Morgan fingerprint density at radius 1 is 1.00 bits per heavy atom. The highest BCUT2D eigenvalue weighted by Crippen LogP contribution is 2.10. The van der Waals surface area contributed by atoms with E-state index in [4.69, 9.17) is 19.0 Å². The van der Waals surface area contributed by atoms with Crippen LogP contribution in [0.3, 0.4) is 0 Å². The molecule has 1 aromatic carbocycles. The molecule has 0 amide bonds. The van der Waals surface area contributed by atoms with Crippen molar-refractivity contribution in [3.8, 4) is 0 Å². The summed E-state index contributed by atoms with van der Waals surface area (Å²) in [6.45, 7) is 5.91. The van der Waals surface area contributed by atoms with Crippen LogP contribution in [-0.4, -0.2) is 35.2 Å². The van der Waals surface area contributed by atoms with Crippen LogP contribution in [0.5, 0.6) is 0 Å². The summed E-state index contributed by atoms with van der Waals surface area (Å²) in [5.41, 5.74) is 5.49. The topological polar surface area (TPSA) is 53.7 Å². The highest BCUT2D eigenvalue weighted by atomic mass is 28.4. The Labute approximate surface area is 104 Å². The van der Waals surface area contributed by atoms with Crippen LogP contribution in [0.2, 0.25) is 0 Å². The van der Waals surface area contributed by atoms with Crippen LogP contribution in [0, 0.1) is 0 Å². The number of nitrogens with two attached hydrogens (primary N) is 1. The third-order valence-corrected chi connectivity index (χ3v) is 5.17. The molecule has 0 fully saturated rings. The van der Waals surface area contributed by atoms with Crippen molar-refractivity contribution in [1.82, 2.24) is 0 Å². The monoisotopic (exact) mass is 255 g/mol. The van der Waals surface area contributed by atoms with Crippen LogP contribution in [0.25, 0.3) is 0 Å². The average molecular weight is 255 g/mol. The smallest absolute Gasteiger partial charge is 0.370 e. The highest BCUT2D eigenvalue weighted by Gasteiger charge is 2.43. The summed E-state index contributed by atoms with van der Waals surface area (Å²) in [4.78, 5) is 0. The van der Waals surface area contributed by atoms with Gasteiger partial charge in [0.05, 0.1) is 6.61 Å². The Morgan fingerprint density at radius 3 is 2.06 bits per heavy atom. The maximum absolute atomic E-state index is 5.82. The van der Waals surface area contributed by atoms with Gasteiger partial charge in [-0.3, -0.25) is 0 Å². The Balaban J connectivity index is 2.95. The second-order valence-corrected chi connectivity index (χ2v) is 5.98. The van der Waals surface area contributed by atoms with E-state index in [1.165, 1.54) is 0 Å². The number of hydrogen-bond acceptors (Lipinski definition) is 4. The zero-order valence-electron chi connectivity index (χ0n) is 10.5. The molecule has 0 radical (unpaired) electrons. The van der Waals surface area contributed by atoms with E-state index in [2.05, 4.69) is 0 Å². The third kappa shape index (κ3) is 3.90. The molecule has 0 saturated carbocycles. The number of rotatable bonds is 8. The fourth-order valence-corrected chi connectivity index (χ4v) is 4.09. The predicted octanol–water partition coefficient (Wildman–Crippen LogP) is 0.881. The van der Waals surface area contributed by atoms with Crippen LogP contribution >= 0.6 is 0 Å². The molecule has 17 heavy (non-hydrogen) atoms. The molecule has 0 aliphatic heterocycles. The van der Waals surface area contributed by atoms with E-state index < -0.39 is 8.80 Å². The van der Waals surface area contributed by atoms with Crippen molar-refractivity contribution in [3.63, 3.8) is 0 Å². The second-order valence-electron chi connectivity index (χ2n) is 3.43. The van der Waals surface area contributed by atoms with Gasteiger partial charge in [0.1, 0.15) is 0 Å². The molecule has 0 aromatic heterocycles. The number of benzene rings is 1. The Bertz CT molecular complexity index is 302. The molecule has 0 atom stereocenters. The quantitative estimate of drug-likeness (QED) is 0.701. The van der Waals surface area contributed by atoms with Gasteiger partial charge in [0.25, 0.3) is 0 Å². The Hall–Kier alpha value is -0.723. The average Bonchev–Trinajstić information content (AvgIpc) is 2.37. The maximum Gasteiger partial charge on any atom is 0.537 e. The minimum Gasteiger partial charge on any atom is -0.370 e. The van der Waals surface area contributed by atoms with Gasteiger partial charge >= 0.3 is 8.80 Å². The summed E-state index contributed by atoms with van der Waals surface area (Å²) in [6.07, 6.45) is 0. The van der Waals surface area contributed by atoms with Gasteiger partial charge in [0.15, 0.2) is 0 Å². The zero-order valence-corrected chi connectivity index (χ0v) is 11.5. The highest BCUT2D eigenvalue weighted by molar-refractivity contribution is 6.75. The summed E-state index contributed by atoms with van der Waals surface area (Å²) >= 11 is 0. The van der Waals surface area contributed by atoms with E-state index >= 15 is 0 Å². The van der Waals surface area contributed by atoms with Crippen molar-refractivity contribution in [1.29, 1.82) is 0 Å². The largest absolute Gasteiger partial charge is 0.537 e. The Kier molecular flexibility index (Phi) is 6.39. The van der Waals surface area contributed by atoms with Crippen LogP contribution < -0.4 is 10.9 Å². The van der Waals surface area contributed by atoms with Gasteiger partial charge < -0.3 is 19.0 Å². The first-order valence-corrected chi connectivity index (χ1v) is 7.69. The molecular formula is C12H21NO3Si. The molecular weight excluding hydrogens is 234 g/mol. The van der Waals surface area contributed by atoms with Crippen molar-refractivity contribution in [2.45, 2.75) is 13.8 Å². The van der Waals surface area contributed by atoms with E-state index in [1.807, 2.05) is 44.2 Å². The van der Waals surface area contributed by atoms with Crippen LogP contribution in [0.4, 0.5) is 0 Å². The first-order valence-electron chi connectivity index (χ1n) is 5.96. The predicted molar refractivity (Wildman–Crippen MR) is 70.1 cm³/mol. The minimum atomic E-state index is -2.77. The molecule has 2 N–H and O–H groups in total. The van der Waals surface area contributed by atoms with Gasteiger partial charge in [-0.05, 0) is 13.8 Å². The summed E-state index contributed by atoms with van der Waals surface area (Å²) < 4.78 is 17.4. The van der Waals surface area contributed by atoms with Gasteiger partial charge in [-0.25, -0.2) is 0 Å². The molecule has 0 spiro atoms.